The molecule has 2 aromatic heterocycles. The minimum atomic E-state index is -0.298. The number of halogens is 2. The molecule has 1 saturated heterocycles. The van der Waals surface area contributed by atoms with Crippen LogP contribution in [0.1, 0.15) is 23.2 Å². The third-order valence-electron chi connectivity index (χ3n) is 5.20. The molecule has 29 heavy (non-hydrogen) atoms. The van der Waals surface area contributed by atoms with Crippen LogP contribution in [0.4, 0.5) is 0 Å². The first-order valence-corrected chi connectivity index (χ1v) is 9.13. The van der Waals surface area contributed by atoms with Crippen LogP contribution in [0.15, 0.2) is 48.9 Å². The van der Waals surface area contributed by atoms with Crippen LogP contribution in [0.25, 0.3) is 16.9 Å². The van der Waals surface area contributed by atoms with Gasteiger partial charge in [-0.2, -0.15) is 0 Å². The lowest BCUT2D eigenvalue weighted by atomic mass is 9.92. The summed E-state index contributed by atoms with van der Waals surface area (Å²) in [5.41, 5.74) is 2.60. The molecule has 0 saturated carbocycles. The number of hydrogen-bond acceptors (Lipinski definition) is 5. The number of methoxy groups -OCH3 is 1. The van der Waals surface area contributed by atoms with Gasteiger partial charge in [0.2, 0.25) is 0 Å². The molecule has 156 valence electrons. The summed E-state index contributed by atoms with van der Waals surface area (Å²) in [5.74, 6) is -0.159. The zero-order chi connectivity index (χ0) is 18.7. The monoisotopic (exact) mass is 437 g/mol. The second-order valence-electron chi connectivity index (χ2n) is 6.84. The predicted molar refractivity (Wildman–Crippen MR) is 118 cm³/mol. The molecule has 1 fully saturated rings. The van der Waals surface area contributed by atoms with Crippen molar-refractivity contribution in [1.29, 1.82) is 0 Å². The number of imidazole rings is 1. The van der Waals surface area contributed by atoms with Gasteiger partial charge in [0.05, 0.1) is 11.2 Å². The molecule has 0 unspecified atom stereocenters. The topological polar surface area (TPSA) is 81.1 Å². The molecule has 7 nitrogen and oxygen atoms in total. The Bertz CT molecular complexity index is 942. The molecular formula is C20H25Cl2N5O2. The van der Waals surface area contributed by atoms with Crippen LogP contribution in [0.5, 0.6) is 0 Å². The smallest absolute Gasteiger partial charge is 0.253 e. The molecule has 1 amide bonds. The maximum Gasteiger partial charge on any atom is 0.253 e. The van der Waals surface area contributed by atoms with Crippen molar-refractivity contribution in [3.63, 3.8) is 0 Å². The molecule has 1 aliphatic rings. The van der Waals surface area contributed by atoms with Crippen LogP contribution in [-0.4, -0.2) is 52.8 Å². The summed E-state index contributed by atoms with van der Waals surface area (Å²) in [6.07, 6.45) is 5.08. The number of ether oxygens (including phenoxy) is 1. The van der Waals surface area contributed by atoms with Gasteiger partial charge in [-0.15, -0.1) is 24.8 Å². The number of para-hydroxylation sites is 1. The van der Waals surface area contributed by atoms with Crippen molar-refractivity contribution >= 4 is 41.9 Å². The van der Waals surface area contributed by atoms with E-state index in [1.54, 1.807) is 25.7 Å². The normalized spacial score (nSPS) is 15.2. The summed E-state index contributed by atoms with van der Waals surface area (Å²) in [7, 11) is 1.71. The van der Waals surface area contributed by atoms with E-state index in [4.69, 9.17) is 4.74 Å². The molecule has 3 aromatic rings. The Balaban J connectivity index is 0.00000150. The van der Waals surface area contributed by atoms with Crippen molar-refractivity contribution in [2.24, 2.45) is 0 Å². The van der Waals surface area contributed by atoms with Gasteiger partial charge in [0.15, 0.2) is 5.65 Å². The predicted octanol–water partition coefficient (Wildman–Crippen LogP) is 2.76. The first-order valence-electron chi connectivity index (χ1n) is 9.13. The zero-order valence-electron chi connectivity index (χ0n) is 16.1. The number of piperidine rings is 1. The number of amides is 1. The molecule has 2 N–H and O–H groups in total. The van der Waals surface area contributed by atoms with Gasteiger partial charge in [-0.1, -0.05) is 18.2 Å². The number of carbonyl (C=O) groups is 1. The quantitative estimate of drug-likeness (QED) is 0.641. The van der Waals surface area contributed by atoms with Crippen molar-refractivity contribution in [2.75, 3.05) is 26.7 Å². The fraction of sp³-hybridized carbons (Fsp3) is 0.350. The largest absolute Gasteiger partial charge is 0.376 e. The van der Waals surface area contributed by atoms with Gasteiger partial charge >= 0.3 is 0 Å². The van der Waals surface area contributed by atoms with E-state index in [1.165, 1.54) is 0 Å². The van der Waals surface area contributed by atoms with Crippen molar-refractivity contribution in [3.8, 4) is 5.69 Å². The fourth-order valence-electron chi connectivity index (χ4n) is 3.48. The number of benzene rings is 1. The van der Waals surface area contributed by atoms with Gasteiger partial charge in [-0.3, -0.25) is 9.36 Å². The van der Waals surface area contributed by atoms with Crippen LogP contribution in [-0.2, 0) is 4.74 Å². The third kappa shape index (κ3) is 4.87. The fourth-order valence-corrected chi connectivity index (χ4v) is 3.48. The number of fused-ring (bicyclic) bond motifs is 1. The first kappa shape index (κ1) is 23.1. The molecule has 4 rings (SSSR count). The molecule has 3 heterocycles. The van der Waals surface area contributed by atoms with Gasteiger partial charge in [0.25, 0.3) is 5.91 Å². The maximum absolute atomic E-state index is 12.6. The van der Waals surface area contributed by atoms with E-state index in [1.807, 2.05) is 34.9 Å². The number of pyridine rings is 1. The summed E-state index contributed by atoms with van der Waals surface area (Å²) in [6, 6.07) is 11.7. The molecule has 1 aliphatic heterocycles. The van der Waals surface area contributed by atoms with Crippen molar-refractivity contribution < 1.29 is 9.53 Å². The van der Waals surface area contributed by atoms with E-state index in [0.717, 1.165) is 37.3 Å². The lowest BCUT2D eigenvalue weighted by molar-refractivity contribution is -0.0312. The highest BCUT2D eigenvalue weighted by Crippen LogP contribution is 2.22. The average Bonchev–Trinajstić information content (AvgIpc) is 3.16. The Kier molecular flexibility index (Phi) is 7.98. The van der Waals surface area contributed by atoms with E-state index >= 15 is 0 Å². The second kappa shape index (κ2) is 10.0. The number of aromatic nitrogens is 3. The zero-order valence-corrected chi connectivity index (χ0v) is 17.8. The molecule has 1 aromatic carbocycles. The van der Waals surface area contributed by atoms with Crippen LogP contribution in [0.2, 0.25) is 0 Å². The van der Waals surface area contributed by atoms with E-state index in [0.29, 0.717) is 17.6 Å². The number of nitrogens with zero attached hydrogens (tertiary/aromatic N) is 3. The van der Waals surface area contributed by atoms with E-state index in [2.05, 4.69) is 20.6 Å². The van der Waals surface area contributed by atoms with Crippen LogP contribution in [0.3, 0.4) is 0 Å². The Morgan fingerprint density at radius 3 is 2.62 bits per heavy atom. The summed E-state index contributed by atoms with van der Waals surface area (Å²) < 4.78 is 7.61. The van der Waals surface area contributed by atoms with Gasteiger partial charge in [0.1, 0.15) is 11.8 Å². The Morgan fingerprint density at radius 2 is 1.93 bits per heavy atom. The van der Waals surface area contributed by atoms with Crippen LogP contribution < -0.4 is 10.6 Å². The molecular weight excluding hydrogens is 413 g/mol. The SMILES string of the molecule is COC1(CNC(=O)c2cnc3c(c2)ncn3-c2ccccc2)CCNCC1.Cl.Cl. The highest BCUT2D eigenvalue weighted by atomic mass is 35.5. The van der Waals surface area contributed by atoms with Gasteiger partial charge in [-0.25, -0.2) is 9.97 Å². The highest BCUT2D eigenvalue weighted by molar-refractivity contribution is 5.96. The maximum atomic E-state index is 12.6. The van der Waals surface area contributed by atoms with E-state index < -0.39 is 0 Å². The lowest BCUT2D eigenvalue weighted by Crippen LogP contribution is -2.50. The van der Waals surface area contributed by atoms with E-state index in [9.17, 15) is 4.79 Å². The second-order valence-corrected chi connectivity index (χ2v) is 6.84. The molecule has 0 bridgehead atoms. The lowest BCUT2D eigenvalue weighted by Gasteiger charge is -2.36. The van der Waals surface area contributed by atoms with Crippen LogP contribution in [0, 0.1) is 0 Å². The molecule has 0 aliphatic carbocycles. The van der Waals surface area contributed by atoms with E-state index in [-0.39, 0.29) is 36.3 Å². The molecule has 9 heteroatoms. The summed E-state index contributed by atoms with van der Waals surface area (Å²) in [4.78, 5) is 21.5. The number of hydrogen-bond donors (Lipinski definition) is 2. The van der Waals surface area contributed by atoms with Gasteiger partial charge in [-0.05, 0) is 44.1 Å². The highest BCUT2D eigenvalue weighted by Gasteiger charge is 2.32. The minimum absolute atomic E-state index is 0. The van der Waals surface area contributed by atoms with Crippen molar-refractivity contribution in [2.45, 2.75) is 18.4 Å². The number of rotatable bonds is 5. The summed E-state index contributed by atoms with van der Waals surface area (Å²) in [5, 5.41) is 6.31. The average molecular weight is 438 g/mol. The molecule has 0 atom stereocenters. The Hall–Kier alpha value is -2.19. The minimum Gasteiger partial charge on any atom is -0.376 e. The Labute approximate surface area is 182 Å². The van der Waals surface area contributed by atoms with Gasteiger partial charge in [0, 0.05) is 25.5 Å². The third-order valence-corrected chi connectivity index (χ3v) is 5.20. The summed E-state index contributed by atoms with van der Waals surface area (Å²) >= 11 is 0. The van der Waals surface area contributed by atoms with Gasteiger partial charge < -0.3 is 15.4 Å². The van der Waals surface area contributed by atoms with Crippen LogP contribution >= 0.6 is 24.8 Å². The number of nitrogens with one attached hydrogen (secondary N) is 2. The van der Waals surface area contributed by atoms with Crippen molar-refractivity contribution in [1.82, 2.24) is 25.2 Å². The molecule has 0 spiro atoms. The Morgan fingerprint density at radius 1 is 1.21 bits per heavy atom. The summed E-state index contributed by atoms with van der Waals surface area (Å²) in [6.45, 7) is 2.28. The standard InChI is InChI=1S/C20H23N5O2.2ClH/c1-27-20(7-9-21-10-8-20)13-23-19(26)15-11-17-18(22-12-15)25(14-24-17)16-5-3-2-4-6-16;;/h2-6,11-12,14,21H,7-10,13H2,1H3,(H,23,26);2*1H. The first-order chi connectivity index (χ1) is 13.2. The number of carbonyl (C=O) groups excluding carboxylic acids is 1. The molecule has 0 radical (unpaired) electrons. The van der Waals surface area contributed by atoms with Crippen molar-refractivity contribution in [3.05, 3.63) is 54.5 Å².